The summed E-state index contributed by atoms with van der Waals surface area (Å²) in [4.78, 5) is 29.4. The number of carbonyl (C=O) groups excluding carboxylic acids is 1. The molecule has 2 aliphatic heterocycles. The van der Waals surface area contributed by atoms with Crippen LogP contribution in [0.2, 0.25) is 5.02 Å². The summed E-state index contributed by atoms with van der Waals surface area (Å²) in [7, 11) is 0. The van der Waals surface area contributed by atoms with Gasteiger partial charge >= 0.3 is 6.09 Å². The number of ether oxygens (including phenoxy) is 1. The molecule has 192 valence electrons. The molecular weight excluding hydrogens is 476 g/mol. The number of hydrogen-bond acceptors (Lipinski definition) is 6. The molecule has 2 aromatic heterocycles. The lowest BCUT2D eigenvalue weighted by atomic mass is 9.98. The Hall–Kier alpha value is -2.84. The normalized spacial score (nSPS) is 21.2. The van der Waals surface area contributed by atoms with Crippen LogP contribution in [0.5, 0.6) is 0 Å². The van der Waals surface area contributed by atoms with Crippen LogP contribution in [0.15, 0.2) is 36.7 Å². The molecule has 9 heteroatoms. The Morgan fingerprint density at radius 3 is 2.89 bits per heavy atom. The maximum Gasteiger partial charge on any atom is 0.410 e. The van der Waals surface area contributed by atoms with Crippen molar-refractivity contribution < 1.29 is 9.53 Å². The van der Waals surface area contributed by atoms with Crippen LogP contribution < -0.4 is 5.32 Å². The summed E-state index contributed by atoms with van der Waals surface area (Å²) in [5, 5.41) is 5.14. The van der Waals surface area contributed by atoms with Crippen molar-refractivity contribution in [3.8, 4) is 11.3 Å². The van der Waals surface area contributed by atoms with Gasteiger partial charge in [0.25, 0.3) is 0 Å². The number of aromatic amines is 1. The lowest BCUT2D eigenvalue weighted by molar-refractivity contribution is 0.0149. The third-order valence-corrected chi connectivity index (χ3v) is 7.16. The highest BCUT2D eigenvalue weighted by Gasteiger charge is 2.31. The van der Waals surface area contributed by atoms with E-state index in [1.807, 2.05) is 50.1 Å². The third kappa shape index (κ3) is 5.76. The van der Waals surface area contributed by atoms with Crippen LogP contribution >= 0.6 is 11.6 Å². The predicted molar refractivity (Wildman–Crippen MR) is 143 cm³/mol. The van der Waals surface area contributed by atoms with Crippen molar-refractivity contribution >= 4 is 34.5 Å². The van der Waals surface area contributed by atoms with Gasteiger partial charge in [0.05, 0.1) is 16.9 Å². The Morgan fingerprint density at radius 1 is 1.22 bits per heavy atom. The van der Waals surface area contributed by atoms with Gasteiger partial charge in [-0.25, -0.2) is 14.8 Å². The SMILES string of the molecule is CC(C)(C)OC(=O)N1CCCC(CN2CCC(Nc3ncc(Cl)c(-c4c[nH]c5ccccc45)n3)C2)C1. The van der Waals surface area contributed by atoms with Crippen molar-refractivity contribution in [2.24, 2.45) is 5.92 Å². The van der Waals surface area contributed by atoms with E-state index >= 15 is 0 Å². The zero-order chi connectivity index (χ0) is 25.3. The van der Waals surface area contributed by atoms with Crippen molar-refractivity contribution in [2.45, 2.75) is 51.7 Å². The number of benzene rings is 1. The molecule has 1 aromatic carbocycles. The first-order valence-corrected chi connectivity index (χ1v) is 13.2. The number of H-pyrrole nitrogens is 1. The summed E-state index contributed by atoms with van der Waals surface area (Å²) in [5.74, 6) is 1.06. The third-order valence-electron chi connectivity index (χ3n) is 6.88. The zero-order valence-electron chi connectivity index (χ0n) is 21.3. The minimum absolute atomic E-state index is 0.195. The number of aromatic nitrogens is 3. The summed E-state index contributed by atoms with van der Waals surface area (Å²) >= 11 is 6.49. The minimum Gasteiger partial charge on any atom is -0.444 e. The number of carbonyl (C=O) groups is 1. The largest absolute Gasteiger partial charge is 0.444 e. The molecule has 8 nitrogen and oxygen atoms in total. The summed E-state index contributed by atoms with van der Waals surface area (Å²) in [5.41, 5.74) is 2.29. The molecule has 0 bridgehead atoms. The molecule has 2 saturated heterocycles. The Labute approximate surface area is 217 Å². The van der Waals surface area contributed by atoms with Gasteiger partial charge in [0.1, 0.15) is 5.60 Å². The highest BCUT2D eigenvalue weighted by Crippen LogP contribution is 2.32. The Balaban J connectivity index is 1.18. The van der Waals surface area contributed by atoms with Gasteiger partial charge in [-0.2, -0.15) is 0 Å². The summed E-state index contributed by atoms with van der Waals surface area (Å²) in [6.45, 7) is 10.2. The molecule has 1 amide bonds. The summed E-state index contributed by atoms with van der Waals surface area (Å²) in [6.07, 6.45) is 6.62. The van der Waals surface area contributed by atoms with Crippen LogP contribution in [0.1, 0.15) is 40.0 Å². The number of nitrogens with zero attached hydrogens (tertiary/aromatic N) is 4. The minimum atomic E-state index is -0.463. The smallest absolute Gasteiger partial charge is 0.410 e. The van der Waals surface area contributed by atoms with Gasteiger partial charge in [0.2, 0.25) is 5.95 Å². The highest BCUT2D eigenvalue weighted by molar-refractivity contribution is 6.33. The van der Waals surface area contributed by atoms with Gasteiger partial charge < -0.3 is 24.8 Å². The molecule has 5 rings (SSSR count). The molecule has 0 aliphatic carbocycles. The fraction of sp³-hybridized carbons (Fsp3) is 0.519. The van der Waals surface area contributed by atoms with Crippen LogP contribution in [0, 0.1) is 5.92 Å². The molecule has 2 atom stereocenters. The molecule has 3 aromatic rings. The van der Waals surface area contributed by atoms with Crippen LogP contribution in [-0.4, -0.2) is 75.2 Å². The number of para-hydroxylation sites is 1. The number of nitrogens with one attached hydrogen (secondary N) is 2. The van der Waals surface area contributed by atoms with Gasteiger partial charge in [-0.1, -0.05) is 29.8 Å². The predicted octanol–water partition coefficient (Wildman–Crippen LogP) is 5.41. The van der Waals surface area contributed by atoms with E-state index in [9.17, 15) is 4.79 Å². The number of hydrogen-bond donors (Lipinski definition) is 2. The lowest BCUT2D eigenvalue weighted by Crippen LogP contribution is -2.45. The number of rotatable bonds is 5. The van der Waals surface area contributed by atoms with Crippen molar-refractivity contribution in [3.63, 3.8) is 0 Å². The maximum absolute atomic E-state index is 12.5. The van der Waals surface area contributed by atoms with E-state index in [-0.39, 0.29) is 12.1 Å². The molecule has 2 fully saturated rings. The van der Waals surface area contributed by atoms with Gasteiger partial charge in [-0.15, -0.1) is 0 Å². The van der Waals surface area contributed by atoms with Crippen molar-refractivity contribution in [1.82, 2.24) is 24.8 Å². The number of fused-ring (bicyclic) bond motifs is 1. The van der Waals surface area contributed by atoms with Crippen molar-refractivity contribution in [1.29, 1.82) is 0 Å². The standard InChI is InChI=1S/C27H35ClN6O2/c1-27(2,3)36-26(35)34-11-6-7-18(16-34)15-33-12-10-19(17-33)31-25-30-14-22(28)24(32-25)21-13-29-23-9-5-4-8-20(21)23/h4-5,8-9,13-14,18-19,29H,6-7,10-12,15-17H2,1-3H3,(H,30,31,32). The van der Waals surface area contributed by atoms with Crippen LogP contribution in [0.4, 0.5) is 10.7 Å². The van der Waals surface area contributed by atoms with Gasteiger partial charge in [0, 0.05) is 61.4 Å². The second-order valence-corrected chi connectivity index (χ2v) is 11.4. The Bertz CT molecular complexity index is 1220. The molecule has 2 N–H and O–H groups in total. The first-order chi connectivity index (χ1) is 17.2. The Kier molecular flexibility index (Phi) is 7.08. The van der Waals surface area contributed by atoms with Gasteiger partial charge in [0.15, 0.2) is 0 Å². The van der Waals surface area contributed by atoms with Gasteiger partial charge in [-0.3, -0.25) is 0 Å². The number of amides is 1. The van der Waals surface area contributed by atoms with Crippen LogP contribution in [0.3, 0.4) is 0 Å². The first-order valence-electron chi connectivity index (χ1n) is 12.8. The molecular formula is C27H35ClN6O2. The van der Waals surface area contributed by atoms with E-state index in [1.54, 1.807) is 6.20 Å². The van der Waals surface area contributed by atoms with E-state index in [0.717, 1.165) is 74.1 Å². The fourth-order valence-corrected chi connectivity index (χ4v) is 5.46. The van der Waals surface area contributed by atoms with Crippen LogP contribution in [-0.2, 0) is 4.74 Å². The Morgan fingerprint density at radius 2 is 2.06 bits per heavy atom. The molecule has 4 heterocycles. The fourth-order valence-electron chi connectivity index (χ4n) is 5.26. The average Bonchev–Trinajstić information content (AvgIpc) is 3.46. The maximum atomic E-state index is 12.5. The monoisotopic (exact) mass is 510 g/mol. The van der Waals surface area contributed by atoms with E-state index in [1.165, 1.54) is 0 Å². The van der Waals surface area contributed by atoms with Crippen LogP contribution in [0.25, 0.3) is 22.2 Å². The molecule has 0 saturated carbocycles. The van der Waals surface area contributed by atoms with Crippen molar-refractivity contribution in [2.75, 3.05) is 38.0 Å². The number of likely N-dealkylation sites (tertiary alicyclic amines) is 2. The van der Waals surface area contributed by atoms with E-state index in [2.05, 4.69) is 26.3 Å². The number of anilines is 1. The van der Waals surface area contributed by atoms with Gasteiger partial charge in [-0.05, 0) is 52.0 Å². The summed E-state index contributed by atoms with van der Waals surface area (Å²) in [6, 6.07) is 8.40. The first kappa shape index (κ1) is 24.8. The zero-order valence-corrected chi connectivity index (χ0v) is 22.0. The number of halogens is 1. The molecule has 36 heavy (non-hydrogen) atoms. The van der Waals surface area contributed by atoms with Crippen molar-refractivity contribution in [3.05, 3.63) is 41.7 Å². The number of piperidine rings is 1. The molecule has 2 aliphatic rings. The quantitative estimate of drug-likeness (QED) is 0.477. The average molecular weight is 511 g/mol. The van der Waals surface area contributed by atoms with E-state index in [0.29, 0.717) is 16.9 Å². The van der Waals surface area contributed by atoms with E-state index < -0.39 is 5.60 Å². The second-order valence-electron chi connectivity index (χ2n) is 11.0. The summed E-state index contributed by atoms with van der Waals surface area (Å²) < 4.78 is 5.59. The van der Waals surface area contributed by atoms with E-state index in [4.69, 9.17) is 21.3 Å². The second kappa shape index (κ2) is 10.3. The topological polar surface area (TPSA) is 86.4 Å². The molecule has 0 spiro atoms. The molecule has 2 unspecified atom stereocenters. The lowest BCUT2D eigenvalue weighted by Gasteiger charge is -2.35. The highest BCUT2D eigenvalue weighted by atomic mass is 35.5. The molecule has 0 radical (unpaired) electrons.